The summed E-state index contributed by atoms with van der Waals surface area (Å²) in [6.07, 6.45) is -0.106. The number of ether oxygens (including phenoxy) is 2. The van der Waals surface area contributed by atoms with Crippen molar-refractivity contribution in [3.63, 3.8) is 0 Å². The second kappa shape index (κ2) is 7.11. The van der Waals surface area contributed by atoms with E-state index in [0.717, 1.165) is 13.1 Å². The monoisotopic (exact) mass is 312 g/mol. The molecular weight excluding hydrogens is 292 g/mol. The van der Waals surface area contributed by atoms with E-state index in [1.165, 1.54) is 0 Å². The molecular formula is C15H21ClN2O3. The van der Waals surface area contributed by atoms with Gasteiger partial charge >= 0.3 is 5.97 Å². The van der Waals surface area contributed by atoms with Gasteiger partial charge in [0, 0.05) is 19.1 Å². The van der Waals surface area contributed by atoms with Crippen molar-refractivity contribution in [2.75, 3.05) is 32.0 Å². The highest BCUT2D eigenvalue weighted by molar-refractivity contribution is 6.33. The van der Waals surface area contributed by atoms with E-state index in [1.807, 2.05) is 0 Å². The average Bonchev–Trinajstić information content (AvgIpc) is 2.48. The molecule has 1 fully saturated rings. The van der Waals surface area contributed by atoms with Crippen LogP contribution in [-0.2, 0) is 9.47 Å². The van der Waals surface area contributed by atoms with Gasteiger partial charge in [-0.05, 0) is 26.0 Å². The first-order valence-electron chi connectivity index (χ1n) is 7.05. The molecule has 0 saturated carbocycles. The van der Waals surface area contributed by atoms with Crippen LogP contribution in [0.1, 0.15) is 24.2 Å². The van der Waals surface area contributed by atoms with E-state index >= 15 is 0 Å². The quantitative estimate of drug-likeness (QED) is 0.682. The molecule has 1 aliphatic rings. The molecule has 2 rings (SSSR count). The van der Waals surface area contributed by atoms with E-state index in [2.05, 4.69) is 18.7 Å². The molecule has 6 heteroatoms. The van der Waals surface area contributed by atoms with E-state index in [1.54, 1.807) is 18.2 Å². The largest absolute Gasteiger partial charge is 0.459 e. The van der Waals surface area contributed by atoms with Gasteiger partial charge in [-0.25, -0.2) is 4.79 Å². The molecule has 2 N–H and O–H groups in total. The first-order chi connectivity index (χ1) is 9.99. The van der Waals surface area contributed by atoms with Gasteiger partial charge in [-0.15, -0.1) is 0 Å². The number of morpholine rings is 1. The van der Waals surface area contributed by atoms with Crippen LogP contribution in [0.2, 0.25) is 5.02 Å². The number of carbonyl (C=O) groups is 1. The number of rotatable bonds is 4. The SMILES string of the molecule is CC(C)N1CCOC(COC(=O)c2cccc(Cl)c2N)C1. The van der Waals surface area contributed by atoms with Crippen molar-refractivity contribution in [3.8, 4) is 0 Å². The van der Waals surface area contributed by atoms with Crippen molar-refractivity contribution < 1.29 is 14.3 Å². The average molecular weight is 313 g/mol. The predicted molar refractivity (Wildman–Crippen MR) is 82.6 cm³/mol. The molecule has 1 heterocycles. The minimum absolute atomic E-state index is 0.106. The second-order valence-electron chi connectivity index (χ2n) is 5.38. The Morgan fingerprint density at radius 1 is 1.57 bits per heavy atom. The van der Waals surface area contributed by atoms with Gasteiger partial charge in [0.15, 0.2) is 0 Å². The van der Waals surface area contributed by atoms with Gasteiger partial charge in [-0.2, -0.15) is 0 Å². The number of nitrogen functional groups attached to an aromatic ring is 1. The predicted octanol–water partition coefficient (Wildman–Crippen LogP) is 2.19. The van der Waals surface area contributed by atoms with Crippen molar-refractivity contribution in [2.24, 2.45) is 0 Å². The summed E-state index contributed by atoms with van der Waals surface area (Å²) < 4.78 is 10.9. The van der Waals surface area contributed by atoms with Gasteiger partial charge in [0.05, 0.1) is 22.9 Å². The summed E-state index contributed by atoms with van der Waals surface area (Å²) in [6.45, 7) is 6.81. The highest BCUT2D eigenvalue weighted by Gasteiger charge is 2.24. The standard InChI is InChI=1S/C15H21ClN2O3/c1-10(2)18-6-7-20-11(8-18)9-21-15(19)12-4-3-5-13(16)14(12)17/h3-5,10-11H,6-9,17H2,1-2H3. The first-order valence-corrected chi connectivity index (χ1v) is 7.43. The Labute approximate surface area is 130 Å². The Bertz CT molecular complexity index is 508. The van der Waals surface area contributed by atoms with Crippen molar-refractivity contribution in [3.05, 3.63) is 28.8 Å². The van der Waals surface area contributed by atoms with Crippen LogP contribution in [0.4, 0.5) is 5.69 Å². The number of esters is 1. The molecule has 116 valence electrons. The number of para-hydroxylation sites is 1. The first kappa shape index (κ1) is 16.1. The highest BCUT2D eigenvalue weighted by atomic mass is 35.5. The number of hydrogen-bond acceptors (Lipinski definition) is 5. The smallest absolute Gasteiger partial charge is 0.340 e. The summed E-state index contributed by atoms with van der Waals surface area (Å²) in [5, 5.41) is 0.351. The number of nitrogens with zero attached hydrogens (tertiary/aromatic N) is 1. The van der Waals surface area contributed by atoms with Gasteiger partial charge in [-0.3, -0.25) is 4.90 Å². The summed E-state index contributed by atoms with van der Waals surface area (Å²) in [6, 6.07) is 5.37. The number of benzene rings is 1. The zero-order valence-electron chi connectivity index (χ0n) is 12.3. The summed E-state index contributed by atoms with van der Waals surface area (Å²) in [4.78, 5) is 14.3. The van der Waals surface area contributed by atoms with Crippen molar-refractivity contribution in [1.82, 2.24) is 4.90 Å². The van der Waals surface area contributed by atoms with Gasteiger partial charge in [0.2, 0.25) is 0 Å². The van der Waals surface area contributed by atoms with E-state index < -0.39 is 5.97 Å². The number of carbonyl (C=O) groups excluding carboxylic acids is 1. The minimum atomic E-state index is -0.472. The fraction of sp³-hybridized carbons (Fsp3) is 0.533. The molecule has 0 radical (unpaired) electrons. The number of halogens is 1. The number of nitrogens with two attached hydrogens (primary N) is 1. The van der Waals surface area contributed by atoms with Crippen LogP contribution in [0.5, 0.6) is 0 Å². The Hall–Kier alpha value is -1.30. The Morgan fingerprint density at radius 2 is 2.33 bits per heavy atom. The van der Waals surface area contributed by atoms with Crippen LogP contribution in [-0.4, -0.2) is 49.3 Å². The maximum Gasteiger partial charge on any atom is 0.340 e. The van der Waals surface area contributed by atoms with Gasteiger partial charge < -0.3 is 15.2 Å². The summed E-state index contributed by atoms with van der Waals surface area (Å²) in [5.74, 6) is -0.472. The van der Waals surface area contributed by atoms with Gasteiger partial charge in [0.1, 0.15) is 12.7 Å². The zero-order chi connectivity index (χ0) is 15.4. The van der Waals surface area contributed by atoms with Gasteiger partial charge in [-0.1, -0.05) is 17.7 Å². The fourth-order valence-corrected chi connectivity index (χ4v) is 2.45. The molecule has 5 nitrogen and oxygen atoms in total. The molecule has 0 bridgehead atoms. The molecule has 1 aromatic carbocycles. The van der Waals surface area contributed by atoms with Crippen molar-refractivity contribution in [2.45, 2.75) is 26.0 Å². The normalized spacial score (nSPS) is 19.7. The molecule has 0 aromatic heterocycles. The molecule has 1 saturated heterocycles. The van der Waals surface area contributed by atoms with E-state index in [9.17, 15) is 4.79 Å². The van der Waals surface area contributed by atoms with Crippen LogP contribution in [0, 0.1) is 0 Å². The molecule has 21 heavy (non-hydrogen) atoms. The summed E-state index contributed by atoms with van der Waals surface area (Å²) in [5.41, 5.74) is 6.32. The van der Waals surface area contributed by atoms with Crippen LogP contribution >= 0.6 is 11.6 Å². The lowest BCUT2D eigenvalue weighted by molar-refractivity contribution is -0.0662. The zero-order valence-corrected chi connectivity index (χ0v) is 13.1. The third-order valence-electron chi connectivity index (χ3n) is 3.57. The van der Waals surface area contributed by atoms with Crippen molar-refractivity contribution in [1.29, 1.82) is 0 Å². The number of hydrogen-bond donors (Lipinski definition) is 1. The van der Waals surface area contributed by atoms with Crippen LogP contribution in [0.3, 0.4) is 0 Å². The van der Waals surface area contributed by atoms with E-state index in [4.69, 9.17) is 26.8 Å². The summed E-state index contributed by atoms with van der Waals surface area (Å²) in [7, 11) is 0. The van der Waals surface area contributed by atoms with Crippen LogP contribution < -0.4 is 5.73 Å². The molecule has 0 aliphatic carbocycles. The minimum Gasteiger partial charge on any atom is -0.459 e. The molecule has 1 aliphatic heterocycles. The van der Waals surface area contributed by atoms with Crippen LogP contribution in [0.15, 0.2) is 18.2 Å². The molecule has 0 spiro atoms. The fourth-order valence-electron chi connectivity index (χ4n) is 2.27. The van der Waals surface area contributed by atoms with Crippen LogP contribution in [0.25, 0.3) is 0 Å². The highest BCUT2D eigenvalue weighted by Crippen LogP contribution is 2.23. The Balaban J connectivity index is 1.90. The molecule has 0 amide bonds. The lowest BCUT2D eigenvalue weighted by atomic mass is 10.2. The Kier molecular flexibility index (Phi) is 5.45. The maximum absolute atomic E-state index is 12.0. The van der Waals surface area contributed by atoms with Crippen molar-refractivity contribution >= 4 is 23.3 Å². The Morgan fingerprint density at radius 3 is 3.05 bits per heavy atom. The van der Waals surface area contributed by atoms with E-state index in [-0.39, 0.29) is 18.4 Å². The topological polar surface area (TPSA) is 64.8 Å². The molecule has 1 atom stereocenters. The van der Waals surface area contributed by atoms with E-state index in [0.29, 0.717) is 23.2 Å². The van der Waals surface area contributed by atoms with Gasteiger partial charge in [0.25, 0.3) is 0 Å². The third-order valence-corrected chi connectivity index (χ3v) is 3.90. The lowest BCUT2D eigenvalue weighted by Crippen LogP contribution is -2.47. The second-order valence-corrected chi connectivity index (χ2v) is 5.79. The molecule has 1 aromatic rings. The summed E-state index contributed by atoms with van der Waals surface area (Å²) >= 11 is 5.90. The number of anilines is 1. The maximum atomic E-state index is 12.0. The third kappa shape index (κ3) is 4.09. The lowest BCUT2D eigenvalue weighted by Gasteiger charge is -2.35. The molecule has 1 unspecified atom stereocenters.